The van der Waals surface area contributed by atoms with Gasteiger partial charge in [-0.25, -0.2) is 0 Å². The maximum atomic E-state index is 12.8. The van der Waals surface area contributed by atoms with Gasteiger partial charge in [-0.3, -0.25) is 14.7 Å². The molecule has 1 aliphatic heterocycles. The first-order valence-electron chi connectivity index (χ1n) is 9.76. The minimum atomic E-state index is -4.48. The van der Waals surface area contributed by atoms with Crippen LogP contribution in [-0.4, -0.2) is 53.7 Å². The molecule has 0 spiro atoms. The highest BCUT2D eigenvalue weighted by Crippen LogP contribution is 2.28. The fourth-order valence-electron chi connectivity index (χ4n) is 3.33. The molecule has 0 saturated carbocycles. The van der Waals surface area contributed by atoms with Gasteiger partial charge in [0.1, 0.15) is 0 Å². The molecular formula is C20H24F3N5O2. The predicted octanol–water partition coefficient (Wildman–Crippen LogP) is 3.02. The van der Waals surface area contributed by atoms with Gasteiger partial charge in [-0.05, 0) is 36.7 Å². The van der Waals surface area contributed by atoms with Crippen LogP contribution in [0.3, 0.4) is 0 Å². The monoisotopic (exact) mass is 423 g/mol. The summed E-state index contributed by atoms with van der Waals surface area (Å²) in [5, 5.41) is 7.79. The Kier molecular flexibility index (Phi) is 7.09. The molecule has 0 amide bonds. The Morgan fingerprint density at radius 1 is 1.00 bits per heavy atom. The third-order valence-electron chi connectivity index (χ3n) is 5.06. The molecule has 2 heterocycles. The van der Waals surface area contributed by atoms with Crippen molar-refractivity contribution in [1.29, 1.82) is 0 Å². The number of hydrogen-bond donors (Lipinski definition) is 1. The van der Waals surface area contributed by atoms with Crippen LogP contribution >= 0.6 is 0 Å². The highest BCUT2D eigenvalue weighted by Gasteiger charge is 2.31. The van der Waals surface area contributed by atoms with E-state index in [2.05, 4.69) is 15.5 Å². The number of nitroso groups, excluding NO2 is 1. The summed E-state index contributed by atoms with van der Waals surface area (Å²) in [7, 11) is 0. The van der Waals surface area contributed by atoms with E-state index < -0.39 is 17.3 Å². The van der Waals surface area contributed by atoms with E-state index in [1.165, 1.54) is 5.01 Å². The number of benzene rings is 1. The Bertz CT molecular complexity index is 891. The van der Waals surface area contributed by atoms with Gasteiger partial charge in [0, 0.05) is 37.6 Å². The quantitative estimate of drug-likeness (QED) is 0.522. The summed E-state index contributed by atoms with van der Waals surface area (Å²) < 4.78 is 39.6. The van der Waals surface area contributed by atoms with Crippen molar-refractivity contribution in [3.05, 3.63) is 69.0 Å². The van der Waals surface area contributed by atoms with Crippen LogP contribution in [0.25, 0.3) is 0 Å². The summed E-state index contributed by atoms with van der Waals surface area (Å²) in [5.74, 6) is 0. The molecule has 1 saturated heterocycles. The number of nitrogens with one attached hydrogen (secondary N) is 1. The zero-order chi connectivity index (χ0) is 21.6. The minimum absolute atomic E-state index is 0.0741. The Balaban J connectivity index is 1.46. The molecule has 1 fully saturated rings. The van der Waals surface area contributed by atoms with Crippen LogP contribution in [0.5, 0.6) is 0 Å². The molecule has 3 rings (SSSR count). The summed E-state index contributed by atoms with van der Waals surface area (Å²) in [6.45, 7) is 4.75. The number of nitrogens with zero attached hydrogens (tertiary/aromatic N) is 4. The number of rotatable bonds is 8. The first-order chi connectivity index (χ1) is 14.3. The van der Waals surface area contributed by atoms with Crippen LogP contribution in [0, 0.1) is 4.91 Å². The zero-order valence-electron chi connectivity index (χ0n) is 16.4. The minimum Gasteiger partial charge on any atom is -0.385 e. The zero-order valence-corrected chi connectivity index (χ0v) is 16.4. The maximum Gasteiger partial charge on any atom is 0.417 e. The van der Waals surface area contributed by atoms with Crippen molar-refractivity contribution in [2.75, 3.05) is 44.6 Å². The maximum absolute atomic E-state index is 12.8. The van der Waals surface area contributed by atoms with Gasteiger partial charge < -0.3 is 9.88 Å². The lowest BCUT2D eigenvalue weighted by Gasteiger charge is -2.31. The fourth-order valence-corrected chi connectivity index (χ4v) is 3.33. The van der Waals surface area contributed by atoms with E-state index in [-0.39, 0.29) is 6.54 Å². The van der Waals surface area contributed by atoms with Gasteiger partial charge in [0.2, 0.25) is 0 Å². The van der Waals surface area contributed by atoms with Gasteiger partial charge in [-0.1, -0.05) is 12.1 Å². The highest BCUT2D eigenvalue weighted by atomic mass is 19.4. The molecule has 2 aromatic rings. The van der Waals surface area contributed by atoms with Gasteiger partial charge >= 0.3 is 6.18 Å². The first kappa shape index (κ1) is 21.8. The van der Waals surface area contributed by atoms with Gasteiger partial charge in [-0.15, -0.1) is 4.91 Å². The molecule has 1 N–H and O–H groups in total. The lowest BCUT2D eigenvalue weighted by molar-refractivity contribution is -0.138. The lowest BCUT2D eigenvalue weighted by atomic mass is 10.2. The molecule has 0 radical (unpaired) electrons. The van der Waals surface area contributed by atoms with Crippen LogP contribution < -0.4 is 10.9 Å². The van der Waals surface area contributed by atoms with Crippen LogP contribution in [0.4, 0.5) is 18.9 Å². The van der Waals surface area contributed by atoms with Crippen molar-refractivity contribution in [3.63, 3.8) is 0 Å². The number of pyridine rings is 1. The normalized spacial score (nSPS) is 15.2. The summed E-state index contributed by atoms with van der Waals surface area (Å²) in [6, 6.07) is 9.02. The van der Waals surface area contributed by atoms with Crippen LogP contribution in [0.1, 0.15) is 17.5 Å². The standard InChI is InChI=1S/C20H24F3N5O2/c21-20(22,23)17-4-7-19(29)27(15-17)14-16-2-5-18(6-3-16)24-8-1-9-26-10-12-28(25-30)13-11-26/h2-7,15,24H,1,8-14H2. The summed E-state index contributed by atoms with van der Waals surface area (Å²) >= 11 is 0. The van der Waals surface area contributed by atoms with E-state index in [0.29, 0.717) is 13.1 Å². The van der Waals surface area contributed by atoms with Gasteiger partial charge in [0.05, 0.1) is 30.5 Å². The molecule has 0 atom stereocenters. The lowest BCUT2D eigenvalue weighted by Crippen LogP contribution is -2.44. The number of aromatic nitrogens is 1. The molecule has 162 valence electrons. The third-order valence-corrected chi connectivity index (χ3v) is 5.06. The second-order valence-electron chi connectivity index (χ2n) is 7.24. The van der Waals surface area contributed by atoms with E-state index >= 15 is 0 Å². The predicted molar refractivity (Wildman–Crippen MR) is 108 cm³/mol. The van der Waals surface area contributed by atoms with E-state index in [9.17, 15) is 22.9 Å². The van der Waals surface area contributed by atoms with Gasteiger partial charge in [-0.2, -0.15) is 13.2 Å². The van der Waals surface area contributed by atoms with Crippen molar-refractivity contribution in [2.24, 2.45) is 5.29 Å². The summed E-state index contributed by atoms with van der Waals surface area (Å²) in [5.41, 5.74) is 0.327. The summed E-state index contributed by atoms with van der Waals surface area (Å²) in [4.78, 5) is 24.6. The van der Waals surface area contributed by atoms with Crippen molar-refractivity contribution in [3.8, 4) is 0 Å². The Morgan fingerprint density at radius 3 is 2.33 bits per heavy atom. The summed E-state index contributed by atoms with van der Waals surface area (Å²) in [6.07, 6.45) is -2.70. The number of alkyl halides is 3. The number of halogens is 3. The van der Waals surface area contributed by atoms with Crippen molar-refractivity contribution in [2.45, 2.75) is 19.1 Å². The number of anilines is 1. The topological polar surface area (TPSA) is 69.9 Å². The molecule has 0 aliphatic carbocycles. The van der Waals surface area contributed by atoms with Crippen LogP contribution in [0.15, 0.2) is 52.7 Å². The van der Waals surface area contributed by atoms with Crippen molar-refractivity contribution < 1.29 is 13.2 Å². The second kappa shape index (κ2) is 9.75. The Labute approximate surface area is 172 Å². The molecule has 0 bridgehead atoms. The van der Waals surface area contributed by atoms with E-state index in [0.717, 1.165) is 66.7 Å². The van der Waals surface area contributed by atoms with E-state index in [1.807, 2.05) is 12.1 Å². The van der Waals surface area contributed by atoms with Gasteiger partial charge in [0.25, 0.3) is 5.56 Å². The third kappa shape index (κ3) is 6.06. The highest BCUT2D eigenvalue weighted by molar-refractivity contribution is 5.44. The Morgan fingerprint density at radius 2 is 1.70 bits per heavy atom. The largest absolute Gasteiger partial charge is 0.417 e. The first-order valence-corrected chi connectivity index (χ1v) is 9.76. The number of hydrogen-bond acceptors (Lipinski definition) is 5. The van der Waals surface area contributed by atoms with Crippen LogP contribution in [0.2, 0.25) is 0 Å². The van der Waals surface area contributed by atoms with Crippen LogP contribution in [-0.2, 0) is 12.7 Å². The molecule has 1 aromatic heterocycles. The molecule has 10 heteroatoms. The SMILES string of the molecule is O=NN1CCN(CCCNc2ccc(Cn3cc(C(F)(F)F)ccc3=O)cc2)CC1. The van der Waals surface area contributed by atoms with Crippen molar-refractivity contribution >= 4 is 5.69 Å². The molecule has 1 aromatic carbocycles. The average Bonchev–Trinajstić information content (AvgIpc) is 2.73. The molecule has 30 heavy (non-hydrogen) atoms. The Hall–Kier alpha value is -2.88. The molecule has 1 aliphatic rings. The fraction of sp³-hybridized carbons (Fsp3) is 0.450. The molecule has 0 unspecified atom stereocenters. The smallest absolute Gasteiger partial charge is 0.385 e. The molecule has 7 nitrogen and oxygen atoms in total. The number of piperazine rings is 1. The molecular weight excluding hydrogens is 399 g/mol. The second-order valence-corrected chi connectivity index (χ2v) is 7.24. The van der Waals surface area contributed by atoms with Crippen molar-refractivity contribution in [1.82, 2.24) is 14.5 Å². The van der Waals surface area contributed by atoms with E-state index in [4.69, 9.17) is 0 Å². The van der Waals surface area contributed by atoms with Gasteiger partial charge in [0.15, 0.2) is 0 Å². The average molecular weight is 423 g/mol. The van der Waals surface area contributed by atoms with E-state index in [1.54, 1.807) is 12.1 Å².